The molecule has 6 heteroatoms. The molecule has 2 rings (SSSR count). The molecule has 0 aliphatic heterocycles. The molecule has 0 amide bonds. The first-order valence-corrected chi connectivity index (χ1v) is 6.68. The summed E-state index contributed by atoms with van der Waals surface area (Å²) in [6, 6.07) is 14.8. The number of ether oxygens (including phenoxy) is 1. The highest BCUT2D eigenvalue weighted by atomic mass is 35.5. The number of anilines is 2. The third-order valence-corrected chi connectivity index (χ3v) is 2.97. The van der Waals surface area contributed by atoms with Crippen LogP contribution in [0.1, 0.15) is 0 Å². The molecule has 2 aromatic rings. The van der Waals surface area contributed by atoms with Gasteiger partial charge in [-0.2, -0.15) is 0 Å². The minimum atomic E-state index is 0.463. The van der Waals surface area contributed by atoms with Crippen LogP contribution < -0.4 is 20.9 Å². The first kappa shape index (κ1) is 14.4. The molecule has 0 heterocycles. The number of halogens is 1. The summed E-state index contributed by atoms with van der Waals surface area (Å²) in [6.45, 7) is 0. The van der Waals surface area contributed by atoms with E-state index in [2.05, 4.69) is 16.2 Å². The molecule has 2 aromatic carbocycles. The predicted molar refractivity (Wildman–Crippen MR) is 87.4 cm³/mol. The second kappa shape index (κ2) is 6.98. The monoisotopic (exact) mass is 307 g/mol. The Bertz CT molecular complexity index is 572. The van der Waals surface area contributed by atoms with Gasteiger partial charge in [0.15, 0.2) is 5.11 Å². The smallest absolute Gasteiger partial charge is 0.189 e. The van der Waals surface area contributed by atoms with Gasteiger partial charge in [-0.05, 0) is 60.7 Å². The Hall–Kier alpha value is -1.98. The van der Waals surface area contributed by atoms with E-state index in [1.54, 1.807) is 19.2 Å². The van der Waals surface area contributed by atoms with E-state index < -0.39 is 0 Å². The first-order chi connectivity index (χ1) is 9.67. The fraction of sp³-hybridized carbons (Fsp3) is 0.0714. The Morgan fingerprint density at radius 2 is 1.60 bits per heavy atom. The van der Waals surface area contributed by atoms with E-state index in [0.717, 1.165) is 17.1 Å². The van der Waals surface area contributed by atoms with Crippen LogP contribution >= 0.6 is 23.8 Å². The molecule has 0 unspecified atom stereocenters. The molecule has 0 fully saturated rings. The number of methoxy groups -OCH3 is 1. The summed E-state index contributed by atoms with van der Waals surface area (Å²) in [7, 11) is 1.63. The van der Waals surface area contributed by atoms with Gasteiger partial charge in [-0.25, -0.2) is 0 Å². The Morgan fingerprint density at radius 3 is 2.20 bits per heavy atom. The Labute approximate surface area is 128 Å². The van der Waals surface area contributed by atoms with Crippen molar-refractivity contribution in [1.29, 1.82) is 0 Å². The minimum Gasteiger partial charge on any atom is -0.497 e. The van der Waals surface area contributed by atoms with Crippen LogP contribution in [0, 0.1) is 0 Å². The van der Waals surface area contributed by atoms with Crippen LogP contribution in [0.15, 0.2) is 48.5 Å². The standard InChI is InChI=1S/C14H14ClN3OS/c1-19-13-8-6-11(7-9-13)16-14(20)18-17-12-4-2-10(15)3-5-12/h2-9,17H,1H3,(H2,16,18,20). The largest absolute Gasteiger partial charge is 0.497 e. The number of hydrazine groups is 1. The van der Waals surface area contributed by atoms with Gasteiger partial charge in [0, 0.05) is 10.7 Å². The lowest BCUT2D eigenvalue weighted by Gasteiger charge is -2.12. The first-order valence-electron chi connectivity index (χ1n) is 5.90. The van der Waals surface area contributed by atoms with Gasteiger partial charge in [0.1, 0.15) is 5.75 Å². The minimum absolute atomic E-state index is 0.463. The van der Waals surface area contributed by atoms with Crippen molar-refractivity contribution < 1.29 is 4.74 Å². The summed E-state index contributed by atoms with van der Waals surface area (Å²) in [5.41, 5.74) is 7.61. The van der Waals surface area contributed by atoms with Crippen LogP contribution in [0.3, 0.4) is 0 Å². The third-order valence-electron chi connectivity index (χ3n) is 2.51. The topological polar surface area (TPSA) is 45.3 Å². The highest BCUT2D eigenvalue weighted by molar-refractivity contribution is 7.80. The number of rotatable bonds is 4. The Balaban J connectivity index is 1.84. The van der Waals surface area contributed by atoms with Crippen LogP contribution in [0.25, 0.3) is 0 Å². The highest BCUT2D eigenvalue weighted by Crippen LogP contribution is 2.15. The van der Waals surface area contributed by atoms with Crippen molar-refractivity contribution in [3.63, 3.8) is 0 Å². The van der Waals surface area contributed by atoms with Crippen LogP contribution in [0.4, 0.5) is 11.4 Å². The Kier molecular flexibility index (Phi) is 5.03. The lowest BCUT2D eigenvalue weighted by Crippen LogP contribution is -2.33. The van der Waals surface area contributed by atoms with E-state index in [9.17, 15) is 0 Å². The number of hydrogen-bond acceptors (Lipinski definition) is 3. The highest BCUT2D eigenvalue weighted by Gasteiger charge is 1.98. The van der Waals surface area contributed by atoms with Gasteiger partial charge in [0.2, 0.25) is 0 Å². The Morgan fingerprint density at radius 1 is 1.00 bits per heavy atom. The lowest BCUT2D eigenvalue weighted by atomic mass is 10.3. The number of nitrogens with one attached hydrogen (secondary N) is 3. The molecule has 20 heavy (non-hydrogen) atoms. The van der Waals surface area contributed by atoms with Crippen LogP contribution in [-0.4, -0.2) is 12.2 Å². The molecule has 0 atom stereocenters. The van der Waals surface area contributed by atoms with Crippen LogP contribution in [-0.2, 0) is 0 Å². The second-order valence-electron chi connectivity index (χ2n) is 3.94. The molecule has 3 N–H and O–H groups in total. The average Bonchev–Trinajstić information content (AvgIpc) is 2.47. The fourth-order valence-corrected chi connectivity index (χ4v) is 1.79. The summed E-state index contributed by atoms with van der Waals surface area (Å²) in [5, 5.41) is 4.20. The molecule has 0 radical (unpaired) electrons. The maximum absolute atomic E-state index is 5.81. The molecule has 0 aromatic heterocycles. The van der Waals surface area contributed by atoms with Gasteiger partial charge in [0.25, 0.3) is 0 Å². The van der Waals surface area contributed by atoms with E-state index in [4.69, 9.17) is 28.6 Å². The molecule has 0 spiro atoms. The molecule has 104 valence electrons. The predicted octanol–water partition coefficient (Wildman–Crippen LogP) is 3.66. The molecule has 0 aliphatic carbocycles. The molecule has 0 bridgehead atoms. The van der Waals surface area contributed by atoms with Gasteiger partial charge in [-0.3, -0.25) is 10.9 Å². The van der Waals surface area contributed by atoms with E-state index in [1.807, 2.05) is 36.4 Å². The summed E-state index contributed by atoms with van der Waals surface area (Å²) in [6.07, 6.45) is 0. The number of hydrogen-bond donors (Lipinski definition) is 3. The van der Waals surface area contributed by atoms with E-state index in [0.29, 0.717) is 10.1 Å². The zero-order valence-electron chi connectivity index (χ0n) is 10.8. The molecular weight excluding hydrogens is 294 g/mol. The SMILES string of the molecule is COc1ccc(NC(=S)NNc2ccc(Cl)cc2)cc1. The maximum Gasteiger partial charge on any atom is 0.189 e. The van der Waals surface area contributed by atoms with Crippen molar-refractivity contribution in [1.82, 2.24) is 5.43 Å². The molecule has 0 saturated carbocycles. The van der Waals surface area contributed by atoms with E-state index in [-0.39, 0.29) is 0 Å². The molecule has 0 aliphatic rings. The summed E-state index contributed by atoms with van der Waals surface area (Å²) in [4.78, 5) is 0. The van der Waals surface area contributed by atoms with Crippen LogP contribution in [0.2, 0.25) is 5.02 Å². The number of benzene rings is 2. The van der Waals surface area contributed by atoms with Crippen molar-refractivity contribution in [2.24, 2.45) is 0 Å². The van der Waals surface area contributed by atoms with Crippen molar-refractivity contribution in [3.05, 3.63) is 53.6 Å². The van der Waals surface area contributed by atoms with Crippen LogP contribution in [0.5, 0.6) is 5.75 Å². The fourth-order valence-electron chi connectivity index (χ4n) is 1.50. The zero-order chi connectivity index (χ0) is 14.4. The summed E-state index contributed by atoms with van der Waals surface area (Å²) in [5.74, 6) is 0.800. The van der Waals surface area contributed by atoms with Gasteiger partial charge in [0.05, 0.1) is 12.8 Å². The van der Waals surface area contributed by atoms with Crippen molar-refractivity contribution in [2.75, 3.05) is 17.9 Å². The normalized spacial score (nSPS) is 9.70. The van der Waals surface area contributed by atoms with Crippen molar-refractivity contribution >= 4 is 40.3 Å². The van der Waals surface area contributed by atoms with E-state index >= 15 is 0 Å². The maximum atomic E-state index is 5.81. The van der Waals surface area contributed by atoms with Crippen molar-refractivity contribution in [2.45, 2.75) is 0 Å². The zero-order valence-corrected chi connectivity index (χ0v) is 12.4. The van der Waals surface area contributed by atoms with Gasteiger partial charge in [-0.15, -0.1) is 0 Å². The van der Waals surface area contributed by atoms with Gasteiger partial charge in [-0.1, -0.05) is 11.6 Å². The molecule has 4 nitrogen and oxygen atoms in total. The third kappa shape index (κ3) is 4.29. The summed E-state index contributed by atoms with van der Waals surface area (Å²) < 4.78 is 5.09. The molecule has 0 saturated heterocycles. The average molecular weight is 308 g/mol. The van der Waals surface area contributed by atoms with Gasteiger partial charge >= 0.3 is 0 Å². The number of thiocarbonyl (C=S) groups is 1. The van der Waals surface area contributed by atoms with Crippen molar-refractivity contribution in [3.8, 4) is 5.75 Å². The van der Waals surface area contributed by atoms with E-state index in [1.165, 1.54) is 0 Å². The quantitative estimate of drug-likeness (QED) is 0.594. The van der Waals surface area contributed by atoms with Gasteiger partial charge < -0.3 is 10.1 Å². The lowest BCUT2D eigenvalue weighted by molar-refractivity contribution is 0.415. The molecular formula is C14H14ClN3OS. The summed E-state index contributed by atoms with van der Waals surface area (Å²) >= 11 is 11.0. The second-order valence-corrected chi connectivity index (χ2v) is 4.78.